The van der Waals surface area contributed by atoms with Gasteiger partial charge < -0.3 is 10.1 Å². The molecule has 0 aliphatic heterocycles. The lowest BCUT2D eigenvalue weighted by Gasteiger charge is -2.15. The van der Waals surface area contributed by atoms with E-state index in [0.717, 1.165) is 18.0 Å². The SMILES string of the molecule is Cc1c(CNc2ccccc2OC(C)C)cnn1C. The summed E-state index contributed by atoms with van der Waals surface area (Å²) in [5, 5.41) is 7.66. The van der Waals surface area contributed by atoms with Gasteiger partial charge in [0.1, 0.15) is 5.75 Å². The summed E-state index contributed by atoms with van der Waals surface area (Å²) in [6.07, 6.45) is 2.07. The smallest absolute Gasteiger partial charge is 0.142 e. The number of nitrogens with zero attached hydrogens (tertiary/aromatic N) is 2. The van der Waals surface area contributed by atoms with Crippen molar-refractivity contribution in [1.82, 2.24) is 9.78 Å². The monoisotopic (exact) mass is 259 g/mol. The summed E-state index contributed by atoms with van der Waals surface area (Å²) in [4.78, 5) is 0. The minimum atomic E-state index is 0.170. The Morgan fingerprint density at radius 1 is 1.32 bits per heavy atom. The molecule has 4 nitrogen and oxygen atoms in total. The third-order valence-electron chi connectivity index (χ3n) is 3.06. The van der Waals surface area contributed by atoms with E-state index < -0.39 is 0 Å². The zero-order valence-electron chi connectivity index (χ0n) is 12.0. The van der Waals surface area contributed by atoms with Crippen LogP contribution in [0.25, 0.3) is 0 Å². The molecule has 0 bridgehead atoms. The molecule has 0 saturated carbocycles. The highest BCUT2D eigenvalue weighted by Gasteiger charge is 2.07. The van der Waals surface area contributed by atoms with Crippen molar-refractivity contribution < 1.29 is 4.74 Å². The van der Waals surface area contributed by atoms with Crippen LogP contribution in [-0.2, 0) is 13.6 Å². The van der Waals surface area contributed by atoms with E-state index in [1.54, 1.807) is 0 Å². The van der Waals surface area contributed by atoms with Crippen molar-refractivity contribution in [3.8, 4) is 5.75 Å². The second kappa shape index (κ2) is 5.78. The summed E-state index contributed by atoms with van der Waals surface area (Å²) in [5.41, 5.74) is 3.39. The Labute approximate surface area is 114 Å². The highest BCUT2D eigenvalue weighted by molar-refractivity contribution is 5.56. The minimum Gasteiger partial charge on any atom is -0.489 e. The maximum absolute atomic E-state index is 5.79. The fourth-order valence-corrected chi connectivity index (χ4v) is 1.88. The fourth-order valence-electron chi connectivity index (χ4n) is 1.88. The number of rotatable bonds is 5. The van der Waals surface area contributed by atoms with E-state index in [0.29, 0.717) is 0 Å². The Kier molecular flexibility index (Phi) is 4.10. The zero-order chi connectivity index (χ0) is 13.8. The number of anilines is 1. The molecule has 0 radical (unpaired) electrons. The number of para-hydroxylation sites is 2. The van der Waals surface area contributed by atoms with Gasteiger partial charge in [-0.2, -0.15) is 5.10 Å². The summed E-state index contributed by atoms with van der Waals surface area (Å²) < 4.78 is 7.67. The van der Waals surface area contributed by atoms with Gasteiger partial charge in [0.15, 0.2) is 0 Å². The first-order chi connectivity index (χ1) is 9.08. The number of aryl methyl sites for hydroxylation is 1. The lowest BCUT2D eigenvalue weighted by molar-refractivity contribution is 0.243. The Balaban J connectivity index is 2.09. The average Bonchev–Trinajstić information content (AvgIpc) is 2.68. The van der Waals surface area contributed by atoms with Gasteiger partial charge >= 0.3 is 0 Å². The number of ether oxygens (including phenoxy) is 1. The predicted octanol–water partition coefficient (Wildman–Crippen LogP) is 3.13. The molecule has 19 heavy (non-hydrogen) atoms. The molecule has 102 valence electrons. The molecule has 0 spiro atoms. The van der Waals surface area contributed by atoms with Crippen molar-refractivity contribution in [2.75, 3.05) is 5.32 Å². The molecule has 1 heterocycles. The van der Waals surface area contributed by atoms with Gasteiger partial charge in [-0.1, -0.05) is 12.1 Å². The van der Waals surface area contributed by atoms with Crippen LogP contribution in [-0.4, -0.2) is 15.9 Å². The lowest BCUT2D eigenvalue weighted by Crippen LogP contribution is -2.09. The van der Waals surface area contributed by atoms with Crippen molar-refractivity contribution in [1.29, 1.82) is 0 Å². The molecule has 0 unspecified atom stereocenters. The first-order valence-electron chi connectivity index (χ1n) is 6.55. The first kappa shape index (κ1) is 13.5. The van der Waals surface area contributed by atoms with Crippen LogP contribution in [0.5, 0.6) is 5.75 Å². The number of nitrogens with one attached hydrogen (secondary N) is 1. The average molecular weight is 259 g/mol. The molecule has 4 heteroatoms. The van der Waals surface area contributed by atoms with E-state index in [-0.39, 0.29) is 6.10 Å². The van der Waals surface area contributed by atoms with Crippen LogP contribution in [0, 0.1) is 6.92 Å². The highest BCUT2D eigenvalue weighted by Crippen LogP contribution is 2.25. The zero-order valence-corrected chi connectivity index (χ0v) is 12.0. The van der Waals surface area contributed by atoms with Crippen molar-refractivity contribution in [2.24, 2.45) is 7.05 Å². The number of benzene rings is 1. The van der Waals surface area contributed by atoms with Gasteiger partial charge in [0, 0.05) is 24.8 Å². The molecule has 0 aliphatic carbocycles. The molecule has 0 saturated heterocycles. The van der Waals surface area contributed by atoms with Crippen molar-refractivity contribution in [2.45, 2.75) is 33.4 Å². The van der Waals surface area contributed by atoms with Crippen molar-refractivity contribution in [3.05, 3.63) is 41.7 Å². The quantitative estimate of drug-likeness (QED) is 0.896. The maximum Gasteiger partial charge on any atom is 0.142 e. The minimum absolute atomic E-state index is 0.170. The lowest BCUT2D eigenvalue weighted by atomic mass is 10.2. The van der Waals surface area contributed by atoms with E-state index in [1.807, 2.05) is 56.0 Å². The van der Waals surface area contributed by atoms with Crippen LogP contribution in [0.3, 0.4) is 0 Å². The van der Waals surface area contributed by atoms with Crippen molar-refractivity contribution in [3.63, 3.8) is 0 Å². The van der Waals surface area contributed by atoms with Gasteiger partial charge in [-0.15, -0.1) is 0 Å². The molecule has 0 aliphatic rings. The first-order valence-corrected chi connectivity index (χ1v) is 6.55. The summed E-state index contributed by atoms with van der Waals surface area (Å²) >= 11 is 0. The molecule has 2 aromatic rings. The van der Waals surface area contributed by atoms with Crippen molar-refractivity contribution >= 4 is 5.69 Å². The normalized spacial score (nSPS) is 10.8. The summed E-state index contributed by atoms with van der Waals surface area (Å²) in [5.74, 6) is 0.888. The summed E-state index contributed by atoms with van der Waals surface area (Å²) in [7, 11) is 1.95. The van der Waals surface area contributed by atoms with Crippen LogP contribution in [0.2, 0.25) is 0 Å². The summed E-state index contributed by atoms with van der Waals surface area (Å²) in [6.45, 7) is 6.88. The van der Waals surface area contributed by atoms with Gasteiger partial charge in [0.25, 0.3) is 0 Å². The highest BCUT2D eigenvalue weighted by atomic mass is 16.5. The number of hydrogen-bond acceptors (Lipinski definition) is 3. The Hall–Kier alpha value is -1.97. The van der Waals surface area contributed by atoms with Crippen LogP contribution < -0.4 is 10.1 Å². The summed E-state index contributed by atoms with van der Waals surface area (Å²) in [6, 6.07) is 8.01. The van der Waals surface area contributed by atoms with E-state index in [4.69, 9.17) is 4.74 Å². The maximum atomic E-state index is 5.79. The van der Waals surface area contributed by atoms with Gasteiger partial charge in [0.2, 0.25) is 0 Å². The topological polar surface area (TPSA) is 39.1 Å². The molecular formula is C15H21N3O. The van der Waals surface area contributed by atoms with Crippen LogP contribution in [0.4, 0.5) is 5.69 Å². The molecule has 0 amide bonds. The van der Waals surface area contributed by atoms with Crippen LogP contribution >= 0.6 is 0 Å². The van der Waals surface area contributed by atoms with E-state index in [9.17, 15) is 0 Å². The van der Waals surface area contributed by atoms with Gasteiger partial charge in [-0.25, -0.2) is 0 Å². The number of aromatic nitrogens is 2. The molecule has 0 atom stereocenters. The Morgan fingerprint density at radius 3 is 2.68 bits per heavy atom. The second-order valence-electron chi connectivity index (χ2n) is 4.90. The molecule has 0 fully saturated rings. The number of hydrogen-bond donors (Lipinski definition) is 1. The van der Waals surface area contributed by atoms with Gasteiger partial charge in [-0.3, -0.25) is 4.68 Å². The van der Waals surface area contributed by atoms with Crippen LogP contribution in [0.1, 0.15) is 25.1 Å². The Morgan fingerprint density at radius 2 is 2.05 bits per heavy atom. The third-order valence-corrected chi connectivity index (χ3v) is 3.06. The molecule has 1 N–H and O–H groups in total. The fraction of sp³-hybridized carbons (Fsp3) is 0.400. The molecular weight excluding hydrogens is 238 g/mol. The predicted molar refractivity (Wildman–Crippen MR) is 77.5 cm³/mol. The van der Waals surface area contributed by atoms with Gasteiger partial charge in [0.05, 0.1) is 18.0 Å². The van der Waals surface area contributed by atoms with E-state index in [1.165, 1.54) is 11.3 Å². The molecule has 2 rings (SSSR count). The molecule has 1 aromatic carbocycles. The van der Waals surface area contributed by atoms with Crippen LogP contribution in [0.15, 0.2) is 30.5 Å². The largest absolute Gasteiger partial charge is 0.489 e. The van der Waals surface area contributed by atoms with E-state index in [2.05, 4.69) is 17.3 Å². The van der Waals surface area contributed by atoms with Gasteiger partial charge in [-0.05, 0) is 32.9 Å². The standard InChI is InChI=1S/C15H21N3O/c1-11(2)19-15-8-6-5-7-14(15)16-9-13-10-17-18(4)12(13)3/h5-8,10-11,16H,9H2,1-4H3. The third kappa shape index (κ3) is 3.28. The van der Waals surface area contributed by atoms with E-state index >= 15 is 0 Å². The molecule has 1 aromatic heterocycles. The second-order valence-corrected chi connectivity index (χ2v) is 4.90. The Bertz CT molecular complexity index is 546.